The molecule has 0 spiro atoms. The zero-order valence-corrected chi connectivity index (χ0v) is 10.5. The van der Waals surface area contributed by atoms with Gasteiger partial charge in [-0.05, 0) is 37.5 Å². The molecule has 1 aliphatic carbocycles. The molecule has 0 aliphatic heterocycles. The highest BCUT2D eigenvalue weighted by molar-refractivity contribution is 5.66. The van der Waals surface area contributed by atoms with Crippen molar-refractivity contribution in [3.63, 3.8) is 0 Å². The van der Waals surface area contributed by atoms with E-state index in [4.69, 9.17) is 10.2 Å². The maximum absolute atomic E-state index is 5.90. The Hall–Kier alpha value is -1.84. The van der Waals surface area contributed by atoms with Gasteiger partial charge in [-0.2, -0.15) is 0 Å². The van der Waals surface area contributed by atoms with Crippen LogP contribution in [0.2, 0.25) is 0 Å². The third-order valence-electron chi connectivity index (χ3n) is 3.75. The van der Waals surface area contributed by atoms with E-state index in [0.717, 1.165) is 35.5 Å². The van der Waals surface area contributed by atoms with Gasteiger partial charge in [0.15, 0.2) is 0 Å². The van der Waals surface area contributed by atoms with Crippen LogP contribution in [0, 0.1) is 6.92 Å². The summed E-state index contributed by atoms with van der Waals surface area (Å²) in [5.41, 5.74) is 8.59. The molecule has 4 heteroatoms. The van der Waals surface area contributed by atoms with Crippen molar-refractivity contribution < 1.29 is 4.42 Å². The Balaban J connectivity index is 1.95. The van der Waals surface area contributed by atoms with E-state index in [2.05, 4.69) is 10.2 Å². The smallest absolute Gasteiger partial charge is 0.248 e. The molecule has 0 atom stereocenters. The van der Waals surface area contributed by atoms with Crippen LogP contribution in [-0.2, 0) is 0 Å². The van der Waals surface area contributed by atoms with Crippen LogP contribution in [-0.4, -0.2) is 10.2 Å². The average molecular weight is 243 g/mol. The molecule has 4 nitrogen and oxygen atoms in total. The SMILES string of the molecule is Cc1c(N)cccc1-c1nnc(C2CCCC2)o1. The first-order valence-electron chi connectivity index (χ1n) is 6.44. The van der Waals surface area contributed by atoms with Crippen LogP contribution in [0.3, 0.4) is 0 Å². The summed E-state index contributed by atoms with van der Waals surface area (Å²) >= 11 is 0. The highest BCUT2D eigenvalue weighted by Crippen LogP contribution is 2.35. The lowest BCUT2D eigenvalue weighted by atomic mass is 10.1. The highest BCUT2D eigenvalue weighted by atomic mass is 16.4. The molecule has 0 radical (unpaired) electrons. The molecule has 1 aromatic heterocycles. The molecule has 1 aliphatic rings. The maximum Gasteiger partial charge on any atom is 0.248 e. The van der Waals surface area contributed by atoms with E-state index < -0.39 is 0 Å². The normalized spacial score (nSPS) is 16.3. The topological polar surface area (TPSA) is 64.9 Å². The highest BCUT2D eigenvalue weighted by Gasteiger charge is 2.23. The summed E-state index contributed by atoms with van der Waals surface area (Å²) in [7, 11) is 0. The van der Waals surface area contributed by atoms with E-state index in [1.807, 2.05) is 25.1 Å². The van der Waals surface area contributed by atoms with Crippen molar-refractivity contribution >= 4 is 5.69 Å². The largest absolute Gasteiger partial charge is 0.420 e. The Bertz CT molecular complexity index is 556. The fourth-order valence-corrected chi connectivity index (χ4v) is 2.57. The molecule has 1 heterocycles. The zero-order chi connectivity index (χ0) is 12.5. The molecule has 1 saturated carbocycles. The number of hydrogen-bond donors (Lipinski definition) is 1. The third-order valence-corrected chi connectivity index (χ3v) is 3.75. The molecule has 0 amide bonds. The number of aromatic nitrogens is 2. The third kappa shape index (κ3) is 1.88. The standard InChI is InChI=1S/C14H17N3O/c1-9-11(7-4-8-12(9)15)14-17-16-13(18-14)10-5-2-3-6-10/h4,7-8,10H,2-3,5-6,15H2,1H3. The molecule has 1 fully saturated rings. The van der Waals surface area contributed by atoms with E-state index >= 15 is 0 Å². The van der Waals surface area contributed by atoms with Gasteiger partial charge in [0.1, 0.15) is 0 Å². The number of anilines is 1. The molecular weight excluding hydrogens is 226 g/mol. The lowest BCUT2D eigenvalue weighted by Gasteiger charge is -2.04. The second kappa shape index (κ2) is 4.44. The van der Waals surface area contributed by atoms with E-state index in [9.17, 15) is 0 Å². The number of nitrogens with two attached hydrogens (primary N) is 1. The molecule has 3 rings (SSSR count). The van der Waals surface area contributed by atoms with Gasteiger partial charge in [-0.1, -0.05) is 18.9 Å². The van der Waals surface area contributed by atoms with Crippen LogP contribution in [0.25, 0.3) is 11.5 Å². The molecule has 1 aromatic carbocycles. The predicted molar refractivity (Wildman–Crippen MR) is 70.1 cm³/mol. The molecule has 0 unspecified atom stereocenters. The number of hydrogen-bond acceptors (Lipinski definition) is 4. The van der Waals surface area contributed by atoms with Crippen molar-refractivity contribution in [2.24, 2.45) is 0 Å². The predicted octanol–water partition coefficient (Wildman–Crippen LogP) is 3.28. The van der Waals surface area contributed by atoms with Crippen molar-refractivity contribution in [3.05, 3.63) is 29.7 Å². The minimum absolute atomic E-state index is 0.451. The number of benzene rings is 1. The van der Waals surface area contributed by atoms with Gasteiger partial charge in [-0.25, -0.2) is 0 Å². The summed E-state index contributed by atoms with van der Waals surface area (Å²) in [5.74, 6) is 1.82. The van der Waals surface area contributed by atoms with Crippen LogP contribution in [0.1, 0.15) is 43.1 Å². The van der Waals surface area contributed by atoms with Gasteiger partial charge in [-0.3, -0.25) is 0 Å². The molecule has 0 saturated heterocycles. The summed E-state index contributed by atoms with van der Waals surface area (Å²) in [6.45, 7) is 1.98. The molecular formula is C14H17N3O. The fourth-order valence-electron chi connectivity index (χ4n) is 2.57. The van der Waals surface area contributed by atoms with Crippen LogP contribution < -0.4 is 5.73 Å². The van der Waals surface area contributed by atoms with Crippen molar-refractivity contribution in [2.45, 2.75) is 38.5 Å². The second-order valence-corrected chi connectivity index (χ2v) is 4.95. The van der Waals surface area contributed by atoms with Gasteiger partial charge in [0.2, 0.25) is 11.8 Å². The first-order valence-corrected chi connectivity index (χ1v) is 6.44. The lowest BCUT2D eigenvalue weighted by Crippen LogP contribution is -1.92. The Kier molecular flexibility index (Phi) is 2.78. The summed E-state index contributed by atoms with van der Waals surface area (Å²) in [4.78, 5) is 0. The van der Waals surface area contributed by atoms with E-state index in [0.29, 0.717) is 11.8 Å². The van der Waals surface area contributed by atoms with E-state index in [1.54, 1.807) is 0 Å². The quantitative estimate of drug-likeness (QED) is 0.822. The molecule has 0 bridgehead atoms. The minimum Gasteiger partial charge on any atom is -0.420 e. The van der Waals surface area contributed by atoms with Crippen molar-refractivity contribution in [1.29, 1.82) is 0 Å². The minimum atomic E-state index is 0.451. The first kappa shape index (κ1) is 11.3. The van der Waals surface area contributed by atoms with E-state index in [1.165, 1.54) is 12.8 Å². The Morgan fingerprint density at radius 3 is 2.78 bits per heavy atom. The van der Waals surface area contributed by atoms with Gasteiger partial charge in [0.25, 0.3) is 0 Å². The first-order chi connectivity index (χ1) is 8.75. The van der Waals surface area contributed by atoms with Gasteiger partial charge >= 0.3 is 0 Å². The number of nitrogens with zero attached hydrogens (tertiary/aromatic N) is 2. The molecule has 18 heavy (non-hydrogen) atoms. The van der Waals surface area contributed by atoms with Crippen LogP contribution in [0.15, 0.2) is 22.6 Å². The Labute approximate surface area is 106 Å². The second-order valence-electron chi connectivity index (χ2n) is 4.95. The zero-order valence-electron chi connectivity index (χ0n) is 10.5. The summed E-state index contributed by atoms with van der Waals surface area (Å²) in [5, 5.41) is 8.35. The molecule has 2 N–H and O–H groups in total. The van der Waals surface area contributed by atoms with Crippen LogP contribution >= 0.6 is 0 Å². The lowest BCUT2D eigenvalue weighted by molar-refractivity contribution is 0.457. The van der Waals surface area contributed by atoms with Gasteiger partial charge in [0.05, 0.1) is 0 Å². The van der Waals surface area contributed by atoms with Crippen molar-refractivity contribution in [3.8, 4) is 11.5 Å². The van der Waals surface area contributed by atoms with Crippen LogP contribution in [0.5, 0.6) is 0 Å². The number of nitrogen functional groups attached to an aromatic ring is 1. The summed E-state index contributed by atoms with van der Waals surface area (Å²) in [6.07, 6.45) is 4.86. The Morgan fingerprint density at radius 1 is 1.22 bits per heavy atom. The molecule has 94 valence electrons. The van der Waals surface area contributed by atoms with Gasteiger partial charge < -0.3 is 10.2 Å². The monoisotopic (exact) mass is 243 g/mol. The summed E-state index contributed by atoms with van der Waals surface area (Å²) < 4.78 is 5.81. The summed E-state index contributed by atoms with van der Waals surface area (Å²) in [6, 6.07) is 5.77. The van der Waals surface area contributed by atoms with E-state index in [-0.39, 0.29) is 0 Å². The maximum atomic E-state index is 5.90. The average Bonchev–Trinajstić information content (AvgIpc) is 3.01. The fraction of sp³-hybridized carbons (Fsp3) is 0.429. The van der Waals surface area contributed by atoms with Gasteiger partial charge in [-0.15, -0.1) is 10.2 Å². The van der Waals surface area contributed by atoms with Crippen LogP contribution in [0.4, 0.5) is 5.69 Å². The van der Waals surface area contributed by atoms with Crippen molar-refractivity contribution in [2.75, 3.05) is 5.73 Å². The van der Waals surface area contributed by atoms with Crippen molar-refractivity contribution in [1.82, 2.24) is 10.2 Å². The number of rotatable bonds is 2. The molecule has 2 aromatic rings. The van der Waals surface area contributed by atoms with Gasteiger partial charge in [0, 0.05) is 17.2 Å². The Morgan fingerprint density at radius 2 is 2.00 bits per heavy atom.